The Labute approximate surface area is 159 Å². The summed E-state index contributed by atoms with van der Waals surface area (Å²) < 4.78 is 6.53. The minimum Gasteiger partial charge on any atom is -0.336 e. The van der Waals surface area contributed by atoms with E-state index in [0.29, 0.717) is 22.9 Å². The van der Waals surface area contributed by atoms with E-state index in [2.05, 4.69) is 62.8 Å². The summed E-state index contributed by atoms with van der Waals surface area (Å²) in [7, 11) is 0. The summed E-state index contributed by atoms with van der Waals surface area (Å²) in [5, 5.41) is 14.0. The van der Waals surface area contributed by atoms with E-state index >= 15 is 0 Å². The molecule has 0 fully saturated rings. The third-order valence-corrected chi connectivity index (χ3v) is 4.75. The Hall–Kier alpha value is -2.52. The van der Waals surface area contributed by atoms with Crippen LogP contribution >= 0.6 is 31.9 Å². The minimum atomic E-state index is 0.326. The van der Waals surface area contributed by atoms with Gasteiger partial charge in [0.25, 0.3) is 0 Å². The lowest BCUT2D eigenvalue weighted by Gasteiger charge is -2.13. The smallest absolute Gasteiger partial charge is 0.245 e. The molecule has 0 aliphatic carbocycles. The SMILES string of the molecule is Brc1ccccc1Nc1nc2nonc2nc1Nc1ccccc1Br. The van der Waals surface area contributed by atoms with Gasteiger partial charge in [-0.2, -0.15) is 0 Å². The molecule has 0 aliphatic heterocycles. The first-order chi connectivity index (χ1) is 12.2. The van der Waals surface area contributed by atoms with Crippen molar-refractivity contribution in [1.29, 1.82) is 0 Å². The van der Waals surface area contributed by atoms with Gasteiger partial charge in [0.2, 0.25) is 11.3 Å². The number of benzene rings is 2. The van der Waals surface area contributed by atoms with Gasteiger partial charge < -0.3 is 10.6 Å². The van der Waals surface area contributed by atoms with Crippen molar-refractivity contribution in [2.45, 2.75) is 0 Å². The molecule has 4 aromatic rings. The van der Waals surface area contributed by atoms with Crippen LogP contribution in [-0.2, 0) is 0 Å². The number of halogens is 2. The first kappa shape index (κ1) is 16.0. The lowest BCUT2D eigenvalue weighted by atomic mass is 10.3. The van der Waals surface area contributed by atoms with Crippen LogP contribution in [0.5, 0.6) is 0 Å². The van der Waals surface area contributed by atoms with Crippen molar-refractivity contribution in [2.75, 3.05) is 10.6 Å². The van der Waals surface area contributed by atoms with E-state index in [4.69, 9.17) is 4.63 Å². The average Bonchev–Trinajstić information content (AvgIpc) is 3.06. The molecule has 0 spiro atoms. The van der Waals surface area contributed by atoms with Gasteiger partial charge in [-0.3, -0.25) is 0 Å². The number of nitrogens with zero attached hydrogens (tertiary/aromatic N) is 4. The second-order valence-corrected chi connectivity index (χ2v) is 6.75. The Bertz CT molecular complexity index is 970. The zero-order chi connectivity index (χ0) is 17.2. The lowest BCUT2D eigenvalue weighted by Crippen LogP contribution is -2.04. The maximum atomic E-state index is 4.72. The summed E-state index contributed by atoms with van der Waals surface area (Å²) >= 11 is 7.03. The van der Waals surface area contributed by atoms with Crippen molar-refractivity contribution >= 4 is 66.2 Å². The molecular weight excluding hydrogens is 452 g/mol. The van der Waals surface area contributed by atoms with E-state index in [1.54, 1.807) is 0 Å². The molecule has 0 radical (unpaired) electrons. The number of aromatic nitrogens is 4. The van der Waals surface area contributed by atoms with E-state index in [9.17, 15) is 0 Å². The summed E-state index contributed by atoms with van der Waals surface area (Å²) in [5.74, 6) is 1.01. The molecule has 2 aromatic carbocycles. The fraction of sp³-hybridized carbons (Fsp3) is 0. The van der Waals surface area contributed by atoms with Crippen molar-refractivity contribution < 1.29 is 4.63 Å². The van der Waals surface area contributed by atoms with Crippen LogP contribution in [0.3, 0.4) is 0 Å². The van der Waals surface area contributed by atoms with Crippen LogP contribution in [0.15, 0.2) is 62.1 Å². The molecule has 0 bridgehead atoms. The van der Waals surface area contributed by atoms with E-state index in [1.807, 2.05) is 48.5 Å². The average molecular weight is 462 g/mol. The number of rotatable bonds is 4. The molecule has 2 N–H and O–H groups in total. The van der Waals surface area contributed by atoms with Gasteiger partial charge in [-0.15, -0.1) is 0 Å². The summed E-state index contributed by atoms with van der Waals surface area (Å²) in [6.07, 6.45) is 0. The van der Waals surface area contributed by atoms with Crippen LogP contribution in [0, 0.1) is 0 Å². The van der Waals surface area contributed by atoms with Crippen molar-refractivity contribution in [3.8, 4) is 0 Å². The predicted molar refractivity (Wildman–Crippen MR) is 102 cm³/mol. The molecule has 124 valence electrons. The van der Waals surface area contributed by atoms with E-state index in [-0.39, 0.29) is 0 Å². The first-order valence-corrected chi connectivity index (χ1v) is 8.83. The Kier molecular flexibility index (Phi) is 4.33. The molecule has 0 saturated carbocycles. The Morgan fingerprint density at radius 3 is 1.56 bits per heavy atom. The van der Waals surface area contributed by atoms with Crippen molar-refractivity contribution in [3.05, 3.63) is 57.5 Å². The molecule has 25 heavy (non-hydrogen) atoms. The van der Waals surface area contributed by atoms with Crippen LogP contribution in [0.1, 0.15) is 0 Å². The highest BCUT2D eigenvalue weighted by atomic mass is 79.9. The molecule has 0 aliphatic rings. The van der Waals surface area contributed by atoms with Crippen molar-refractivity contribution in [3.63, 3.8) is 0 Å². The van der Waals surface area contributed by atoms with E-state index in [1.165, 1.54) is 0 Å². The second kappa shape index (κ2) is 6.77. The molecule has 0 amide bonds. The number of para-hydroxylation sites is 2. The topological polar surface area (TPSA) is 88.8 Å². The summed E-state index contributed by atoms with van der Waals surface area (Å²) in [6.45, 7) is 0. The normalized spacial score (nSPS) is 10.8. The first-order valence-electron chi connectivity index (χ1n) is 7.24. The zero-order valence-corrected chi connectivity index (χ0v) is 15.7. The van der Waals surface area contributed by atoms with Crippen LogP contribution in [-0.4, -0.2) is 20.3 Å². The second-order valence-electron chi connectivity index (χ2n) is 5.04. The van der Waals surface area contributed by atoms with E-state index < -0.39 is 0 Å². The molecule has 2 heterocycles. The monoisotopic (exact) mass is 460 g/mol. The van der Waals surface area contributed by atoms with Gasteiger partial charge in [0, 0.05) is 8.95 Å². The van der Waals surface area contributed by atoms with Crippen LogP contribution in [0.2, 0.25) is 0 Å². The number of fused-ring (bicyclic) bond motifs is 1. The molecule has 0 unspecified atom stereocenters. The van der Waals surface area contributed by atoms with Gasteiger partial charge in [0.15, 0.2) is 11.6 Å². The molecular formula is C16H10Br2N6O. The highest BCUT2D eigenvalue weighted by Gasteiger charge is 2.15. The third-order valence-electron chi connectivity index (χ3n) is 3.37. The fourth-order valence-corrected chi connectivity index (χ4v) is 2.96. The Morgan fingerprint density at radius 2 is 1.12 bits per heavy atom. The fourth-order valence-electron chi connectivity index (χ4n) is 2.19. The highest BCUT2D eigenvalue weighted by Crippen LogP contribution is 2.32. The molecule has 7 nitrogen and oxygen atoms in total. The third kappa shape index (κ3) is 3.33. The number of hydrogen-bond acceptors (Lipinski definition) is 7. The maximum Gasteiger partial charge on any atom is 0.245 e. The van der Waals surface area contributed by atoms with Crippen LogP contribution < -0.4 is 10.6 Å². The van der Waals surface area contributed by atoms with Crippen molar-refractivity contribution in [1.82, 2.24) is 20.3 Å². The maximum absolute atomic E-state index is 4.72. The number of hydrogen-bond donors (Lipinski definition) is 2. The predicted octanol–water partition coefficient (Wildman–Crippen LogP) is 5.03. The van der Waals surface area contributed by atoms with E-state index in [0.717, 1.165) is 20.3 Å². The summed E-state index contributed by atoms with van der Waals surface area (Å²) in [4.78, 5) is 8.92. The molecule has 2 aromatic heterocycles. The van der Waals surface area contributed by atoms with Gasteiger partial charge in [-0.05, 0) is 66.4 Å². The molecule has 0 saturated heterocycles. The summed E-state index contributed by atoms with van der Waals surface area (Å²) in [5.41, 5.74) is 2.35. The standard InChI is InChI=1S/C16H10Br2N6O/c17-9-5-1-3-7-11(9)19-13-14(20-12-8-4-2-6-10(12)18)22-16-15(21-13)23-25-24-16/h1-8H,(H,19,21,23)(H,20,22,24). The van der Waals surface area contributed by atoms with Gasteiger partial charge >= 0.3 is 0 Å². The number of nitrogens with one attached hydrogen (secondary N) is 2. The Morgan fingerprint density at radius 1 is 0.680 bits per heavy atom. The number of anilines is 4. The largest absolute Gasteiger partial charge is 0.336 e. The van der Waals surface area contributed by atoms with Gasteiger partial charge in [-0.1, -0.05) is 24.3 Å². The van der Waals surface area contributed by atoms with Crippen molar-refractivity contribution in [2.24, 2.45) is 0 Å². The Balaban J connectivity index is 1.78. The minimum absolute atomic E-state index is 0.326. The van der Waals surface area contributed by atoms with Crippen LogP contribution in [0.25, 0.3) is 11.3 Å². The van der Waals surface area contributed by atoms with Gasteiger partial charge in [0.1, 0.15) is 0 Å². The zero-order valence-electron chi connectivity index (χ0n) is 12.6. The van der Waals surface area contributed by atoms with Gasteiger partial charge in [-0.25, -0.2) is 14.6 Å². The van der Waals surface area contributed by atoms with Gasteiger partial charge in [0.05, 0.1) is 11.4 Å². The lowest BCUT2D eigenvalue weighted by molar-refractivity contribution is 0.314. The molecule has 0 atom stereocenters. The quantitative estimate of drug-likeness (QED) is 0.440. The molecule has 4 rings (SSSR count). The molecule has 9 heteroatoms. The van der Waals surface area contributed by atoms with Crippen LogP contribution in [0.4, 0.5) is 23.0 Å². The highest BCUT2D eigenvalue weighted by molar-refractivity contribution is 9.11. The summed E-state index contributed by atoms with van der Waals surface area (Å²) in [6, 6.07) is 15.5.